The highest BCUT2D eigenvalue weighted by molar-refractivity contribution is 5.04. The topological polar surface area (TPSA) is 29.9 Å². The maximum absolute atomic E-state index is 4.62. The molecule has 1 atom stereocenters. The van der Waals surface area contributed by atoms with Crippen LogP contribution in [-0.2, 0) is 6.42 Å². The van der Waals surface area contributed by atoms with Gasteiger partial charge in [-0.15, -0.1) is 0 Å². The Kier molecular flexibility index (Phi) is 4.75. The minimum Gasteiger partial charge on any atom is -0.316 e. The van der Waals surface area contributed by atoms with Crippen molar-refractivity contribution >= 4 is 0 Å². The summed E-state index contributed by atoms with van der Waals surface area (Å²) in [7, 11) is 2.04. The van der Waals surface area contributed by atoms with E-state index in [0.29, 0.717) is 17.5 Å². The zero-order chi connectivity index (χ0) is 13.1. The summed E-state index contributed by atoms with van der Waals surface area (Å²) in [6.07, 6.45) is 4.24. The lowest BCUT2D eigenvalue weighted by Gasteiger charge is -2.33. The number of nitrogens with zero attached hydrogens (tertiary/aromatic N) is 2. The average Bonchev–Trinajstić information content (AvgIpc) is 2.74. The molecule has 0 radical (unpaired) electrons. The lowest BCUT2D eigenvalue weighted by atomic mass is 9.80. The van der Waals surface area contributed by atoms with Crippen LogP contribution in [0.1, 0.15) is 52.8 Å². The van der Waals surface area contributed by atoms with Crippen LogP contribution < -0.4 is 5.32 Å². The van der Waals surface area contributed by atoms with Gasteiger partial charge in [0.1, 0.15) is 0 Å². The zero-order valence-electron chi connectivity index (χ0n) is 12.1. The van der Waals surface area contributed by atoms with E-state index < -0.39 is 0 Å². The van der Waals surface area contributed by atoms with Crippen LogP contribution in [-0.4, -0.2) is 22.9 Å². The Morgan fingerprint density at radius 2 is 2.06 bits per heavy atom. The molecule has 1 rings (SSSR count). The molecule has 0 saturated heterocycles. The van der Waals surface area contributed by atoms with Crippen LogP contribution in [0, 0.1) is 5.41 Å². The number of hydrogen-bond acceptors (Lipinski definition) is 2. The molecule has 1 unspecified atom stereocenters. The summed E-state index contributed by atoms with van der Waals surface area (Å²) in [6.45, 7) is 11.2. The molecule has 1 aromatic heterocycles. The fourth-order valence-corrected chi connectivity index (χ4v) is 2.00. The summed E-state index contributed by atoms with van der Waals surface area (Å²) in [5.74, 6) is 0. The SMILES string of the molecule is CCC(C)(C)C(Cc1ccn(C(C)C)n1)NC. The minimum atomic E-state index is 0.302. The predicted octanol–water partition coefficient (Wildman–Crippen LogP) is 3.03. The van der Waals surface area contributed by atoms with E-state index in [9.17, 15) is 0 Å². The van der Waals surface area contributed by atoms with E-state index in [4.69, 9.17) is 0 Å². The molecule has 0 bridgehead atoms. The van der Waals surface area contributed by atoms with Crippen molar-refractivity contribution in [2.75, 3.05) is 7.05 Å². The Morgan fingerprint density at radius 1 is 1.41 bits per heavy atom. The van der Waals surface area contributed by atoms with Gasteiger partial charge >= 0.3 is 0 Å². The first kappa shape index (κ1) is 14.2. The number of aromatic nitrogens is 2. The van der Waals surface area contributed by atoms with E-state index >= 15 is 0 Å². The summed E-state index contributed by atoms with van der Waals surface area (Å²) >= 11 is 0. The van der Waals surface area contributed by atoms with Crippen molar-refractivity contribution in [3.63, 3.8) is 0 Å². The van der Waals surface area contributed by atoms with E-state index in [1.54, 1.807) is 0 Å². The first-order chi connectivity index (χ1) is 7.90. The van der Waals surface area contributed by atoms with Crippen LogP contribution in [0.4, 0.5) is 0 Å². The largest absolute Gasteiger partial charge is 0.316 e. The first-order valence-corrected chi connectivity index (χ1v) is 6.62. The minimum absolute atomic E-state index is 0.302. The molecular weight excluding hydrogens is 210 g/mol. The molecule has 0 fully saturated rings. The Morgan fingerprint density at radius 3 is 2.47 bits per heavy atom. The van der Waals surface area contributed by atoms with Crippen LogP contribution >= 0.6 is 0 Å². The molecule has 3 nitrogen and oxygen atoms in total. The zero-order valence-corrected chi connectivity index (χ0v) is 12.1. The fourth-order valence-electron chi connectivity index (χ4n) is 2.00. The van der Waals surface area contributed by atoms with Gasteiger partial charge in [0.25, 0.3) is 0 Å². The van der Waals surface area contributed by atoms with Crippen molar-refractivity contribution in [1.29, 1.82) is 0 Å². The summed E-state index contributed by atoms with van der Waals surface area (Å²) in [6, 6.07) is 3.05. The van der Waals surface area contributed by atoms with Gasteiger partial charge in [0.2, 0.25) is 0 Å². The van der Waals surface area contributed by atoms with E-state index in [1.807, 2.05) is 11.7 Å². The van der Waals surface area contributed by atoms with Gasteiger partial charge in [0.05, 0.1) is 5.69 Å². The van der Waals surface area contributed by atoms with Crippen LogP contribution in [0.5, 0.6) is 0 Å². The normalized spacial score (nSPS) is 14.3. The van der Waals surface area contributed by atoms with Gasteiger partial charge in [0.15, 0.2) is 0 Å². The van der Waals surface area contributed by atoms with Gasteiger partial charge in [-0.3, -0.25) is 4.68 Å². The second-order valence-electron chi connectivity index (χ2n) is 5.77. The third-order valence-corrected chi connectivity index (χ3v) is 3.81. The summed E-state index contributed by atoms with van der Waals surface area (Å²) in [4.78, 5) is 0. The number of nitrogens with one attached hydrogen (secondary N) is 1. The third-order valence-electron chi connectivity index (χ3n) is 3.81. The Hall–Kier alpha value is -0.830. The second-order valence-corrected chi connectivity index (χ2v) is 5.77. The summed E-state index contributed by atoms with van der Waals surface area (Å²) < 4.78 is 2.03. The molecule has 0 aliphatic heterocycles. The van der Waals surface area contributed by atoms with Crippen molar-refractivity contribution < 1.29 is 0 Å². The van der Waals surface area contributed by atoms with Crippen molar-refractivity contribution in [1.82, 2.24) is 15.1 Å². The Bertz CT molecular complexity index is 339. The fraction of sp³-hybridized carbons (Fsp3) is 0.786. The lowest BCUT2D eigenvalue weighted by molar-refractivity contribution is 0.239. The van der Waals surface area contributed by atoms with Crippen LogP contribution in [0.2, 0.25) is 0 Å². The molecule has 98 valence electrons. The van der Waals surface area contributed by atoms with Gasteiger partial charge in [-0.2, -0.15) is 5.10 Å². The number of likely N-dealkylation sites (N-methyl/N-ethyl adjacent to an activating group) is 1. The van der Waals surface area contributed by atoms with Gasteiger partial charge < -0.3 is 5.32 Å². The van der Waals surface area contributed by atoms with E-state index in [0.717, 1.165) is 6.42 Å². The Balaban J connectivity index is 2.74. The molecule has 1 N–H and O–H groups in total. The van der Waals surface area contributed by atoms with E-state index in [2.05, 4.69) is 57.3 Å². The van der Waals surface area contributed by atoms with Crippen LogP contribution in [0.25, 0.3) is 0 Å². The van der Waals surface area contributed by atoms with Gasteiger partial charge in [0, 0.05) is 24.7 Å². The standard InChI is InChI=1S/C14H27N3/c1-7-14(4,5)13(15-6)10-12-8-9-17(16-12)11(2)3/h8-9,11,13,15H,7,10H2,1-6H3. The smallest absolute Gasteiger partial charge is 0.0640 e. The first-order valence-electron chi connectivity index (χ1n) is 6.62. The third kappa shape index (κ3) is 3.56. The van der Waals surface area contributed by atoms with Crippen LogP contribution in [0.3, 0.4) is 0 Å². The van der Waals surface area contributed by atoms with E-state index in [-0.39, 0.29) is 0 Å². The summed E-state index contributed by atoms with van der Waals surface area (Å²) in [5, 5.41) is 8.05. The second kappa shape index (κ2) is 5.67. The van der Waals surface area contributed by atoms with Crippen molar-refractivity contribution in [2.45, 2.75) is 59.5 Å². The Labute approximate surface area is 106 Å². The maximum Gasteiger partial charge on any atom is 0.0640 e. The average molecular weight is 237 g/mol. The lowest BCUT2D eigenvalue weighted by Crippen LogP contribution is -2.41. The molecule has 0 aliphatic rings. The quantitative estimate of drug-likeness (QED) is 0.824. The predicted molar refractivity (Wildman–Crippen MR) is 73.2 cm³/mol. The molecular formula is C14H27N3. The molecule has 17 heavy (non-hydrogen) atoms. The molecule has 1 heterocycles. The monoisotopic (exact) mass is 237 g/mol. The highest BCUT2D eigenvalue weighted by atomic mass is 15.3. The maximum atomic E-state index is 4.62. The highest BCUT2D eigenvalue weighted by Gasteiger charge is 2.27. The number of hydrogen-bond donors (Lipinski definition) is 1. The molecule has 0 aromatic carbocycles. The van der Waals surface area contributed by atoms with Crippen molar-refractivity contribution in [3.8, 4) is 0 Å². The molecule has 0 aliphatic carbocycles. The van der Waals surface area contributed by atoms with Gasteiger partial charge in [-0.25, -0.2) is 0 Å². The van der Waals surface area contributed by atoms with Crippen LogP contribution in [0.15, 0.2) is 12.3 Å². The molecule has 3 heteroatoms. The molecule has 1 aromatic rings. The van der Waals surface area contributed by atoms with Gasteiger partial charge in [-0.1, -0.05) is 20.8 Å². The molecule has 0 spiro atoms. The van der Waals surface area contributed by atoms with E-state index in [1.165, 1.54) is 12.1 Å². The van der Waals surface area contributed by atoms with Crippen molar-refractivity contribution in [2.24, 2.45) is 5.41 Å². The molecule has 0 saturated carbocycles. The summed E-state index contributed by atoms with van der Waals surface area (Å²) in [5.41, 5.74) is 1.48. The van der Waals surface area contributed by atoms with Crippen molar-refractivity contribution in [3.05, 3.63) is 18.0 Å². The molecule has 0 amide bonds. The number of rotatable bonds is 6. The highest BCUT2D eigenvalue weighted by Crippen LogP contribution is 2.26. The van der Waals surface area contributed by atoms with Gasteiger partial charge in [-0.05, 0) is 38.8 Å².